The van der Waals surface area contributed by atoms with Gasteiger partial charge in [0.25, 0.3) is 0 Å². The molecule has 0 saturated carbocycles. The molecule has 3 rings (SSSR count). The predicted molar refractivity (Wildman–Crippen MR) is 112 cm³/mol. The fourth-order valence-corrected chi connectivity index (χ4v) is 4.27. The van der Waals surface area contributed by atoms with Gasteiger partial charge in [-0.05, 0) is 41.8 Å². The van der Waals surface area contributed by atoms with Crippen LogP contribution in [0.1, 0.15) is 16.8 Å². The average molecular weight is 486 g/mol. The van der Waals surface area contributed by atoms with Gasteiger partial charge in [-0.25, -0.2) is 4.79 Å². The fourth-order valence-electron chi connectivity index (χ4n) is 4.27. The molecule has 0 amide bonds. The summed E-state index contributed by atoms with van der Waals surface area (Å²) in [6, 6.07) is 5.23. The molecule has 8 N–H and O–H groups in total. The number of hydrogen-bond acceptors (Lipinski definition) is 12. The molecule has 0 aromatic heterocycles. The van der Waals surface area contributed by atoms with E-state index in [0.29, 0.717) is 5.57 Å². The number of hydrogen-bond donors (Lipinski definition) is 8. The summed E-state index contributed by atoms with van der Waals surface area (Å²) >= 11 is 0. The summed E-state index contributed by atoms with van der Waals surface area (Å²) in [5.74, 6) is -1.54. The first-order valence-electron chi connectivity index (χ1n) is 10.8. The Labute approximate surface area is 194 Å². The Balaban J connectivity index is 1.70. The molecule has 12 heteroatoms. The predicted octanol–water partition coefficient (Wildman–Crippen LogP) is -2.60. The van der Waals surface area contributed by atoms with Gasteiger partial charge in [-0.2, -0.15) is 0 Å². The number of aliphatic hydroxyl groups is 7. The van der Waals surface area contributed by atoms with Crippen molar-refractivity contribution in [1.82, 2.24) is 0 Å². The number of benzene rings is 1. The molecule has 0 unspecified atom stereocenters. The Morgan fingerprint density at radius 2 is 1.56 bits per heavy atom. The minimum Gasteiger partial charge on any atom is -0.508 e. The van der Waals surface area contributed by atoms with E-state index in [2.05, 4.69) is 0 Å². The molecule has 1 fully saturated rings. The zero-order valence-electron chi connectivity index (χ0n) is 18.2. The maximum Gasteiger partial charge on any atom is 0.338 e. The van der Waals surface area contributed by atoms with Crippen LogP contribution in [0.4, 0.5) is 0 Å². The normalized spacial score (nSPS) is 33.9. The van der Waals surface area contributed by atoms with Crippen molar-refractivity contribution in [2.45, 2.75) is 49.3 Å². The van der Waals surface area contributed by atoms with Crippen molar-refractivity contribution < 1.29 is 59.9 Å². The molecule has 34 heavy (non-hydrogen) atoms. The van der Waals surface area contributed by atoms with Crippen molar-refractivity contribution in [3.8, 4) is 5.75 Å². The molecule has 8 atom stereocenters. The zero-order valence-corrected chi connectivity index (χ0v) is 18.2. The summed E-state index contributed by atoms with van der Waals surface area (Å²) in [5, 5.41) is 79.5. The van der Waals surface area contributed by atoms with E-state index < -0.39 is 74.6 Å². The van der Waals surface area contributed by atoms with Crippen LogP contribution in [0.2, 0.25) is 0 Å². The van der Waals surface area contributed by atoms with Crippen molar-refractivity contribution >= 4 is 5.97 Å². The Hall–Kier alpha value is -2.13. The second-order valence-electron chi connectivity index (χ2n) is 8.19. The lowest BCUT2D eigenvalue weighted by Crippen LogP contribution is -2.60. The number of ether oxygens (including phenoxy) is 3. The van der Waals surface area contributed by atoms with Crippen molar-refractivity contribution in [3.05, 3.63) is 41.0 Å². The van der Waals surface area contributed by atoms with Crippen LogP contribution in [-0.2, 0) is 14.2 Å². The highest BCUT2D eigenvalue weighted by atomic mass is 16.7. The van der Waals surface area contributed by atoms with E-state index >= 15 is 0 Å². The SMILES string of the molecule is O=C(OC[C@H]1O[C@@H](O[C@@H]2[C@H](O)C(CO)=C(CO)[C@H]2CCO)[C@H](O)[C@@H](O)[C@@H]1O)c1ccc(O)cc1. The van der Waals surface area contributed by atoms with E-state index in [4.69, 9.17) is 14.2 Å². The molecule has 1 aliphatic heterocycles. The molecule has 1 saturated heterocycles. The van der Waals surface area contributed by atoms with Crippen molar-refractivity contribution in [1.29, 1.82) is 0 Å². The lowest BCUT2D eigenvalue weighted by atomic mass is 9.95. The van der Waals surface area contributed by atoms with E-state index in [1.807, 2.05) is 0 Å². The van der Waals surface area contributed by atoms with E-state index in [9.17, 15) is 45.6 Å². The van der Waals surface area contributed by atoms with Gasteiger partial charge in [0.15, 0.2) is 6.29 Å². The second kappa shape index (κ2) is 11.5. The van der Waals surface area contributed by atoms with E-state index in [0.717, 1.165) is 0 Å². The lowest BCUT2D eigenvalue weighted by molar-refractivity contribution is -0.318. The zero-order chi connectivity index (χ0) is 25.0. The van der Waals surface area contributed by atoms with Crippen LogP contribution in [0.5, 0.6) is 5.75 Å². The van der Waals surface area contributed by atoms with Gasteiger partial charge in [-0.15, -0.1) is 0 Å². The van der Waals surface area contributed by atoms with Gasteiger partial charge in [0.05, 0.1) is 24.9 Å². The van der Waals surface area contributed by atoms with Crippen molar-refractivity contribution in [2.24, 2.45) is 5.92 Å². The Kier molecular flexibility index (Phi) is 8.98. The van der Waals surface area contributed by atoms with Gasteiger partial charge in [0.1, 0.15) is 42.9 Å². The molecule has 1 aromatic carbocycles. The van der Waals surface area contributed by atoms with Crippen molar-refractivity contribution in [3.63, 3.8) is 0 Å². The summed E-state index contributed by atoms with van der Waals surface area (Å²) in [4.78, 5) is 12.2. The second-order valence-corrected chi connectivity index (χ2v) is 8.19. The molecular formula is C22H30O12. The number of aliphatic hydroxyl groups excluding tert-OH is 7. The number of esters is 1. The average Bonchev–Trinajstić information content (AvgIpc) is 3.08. The van der Waals surface area contributed by atoms with Crippen LogP contribution in [0.15, 0.2) is 35.4 Å². The Morgan fingerprint density at radius 3 is 2.15 bits per heavy atom. The summed E-state index contributed by atoms with van der Waals surface area (Å²) in [6.45, 7) is -1.89. The number of phenolic OH excluding ortho intramolecular Hbond substituents is 1. The fraction of sp³-hybridized carbons (Fsp3) is 0.591. The van der Waals surface area contributed by atoms with E-state index in [-0.39, 0.29) is 29.9 Å². The van der Waals surface area contributed by atoms with Gasteiger partial charge in [0, 0.05) is 12.5 Å². The van der Waals surface area contributed by atoms with Crippen LogP contribution in [0.3, 0.4) is 0 Å². The third-order valence-corrected chi connectivity index (χ3v) is 6.15. The molecule has 190 valence electrons. The number of carbonyl (C=O) groups is 1. The third kappa shape index (κ3) is 5.40. The third-order valence-electron chi connectivity index (χ3n) is 6.15. The van der Waals surface area contributed by atoms with Gasteiger partial charge >= 0.3 is 5.97 Å². The minimum absolute atomic E-state index is 0.0449. The molecule has 1 aromatic rings. The number of phenols is 1. The summed E-state index contributed by atoms with van der Waals surface area (Å²) < 4.78 is 16.4. The smallest absolute Gasteiger partial charge is 0.338 e. The van der Waals surface area contributed by atoms with Crippen LogP contribution in [0.25, 0.3) is 0 Å². The molecule has 0 bridgehead atoms. The maximum atomic E-state index is 12.2. The monoisotopic (exact) mass is 486 g/mol. The topological polar surface area (TPSA) is 207 Å². The highest BCUT2D eigenvalue weighted by Crippen LogP contribution is 2.38. The lowest BCUT2D eigenvalue weighted by Gasteiger charge is -2.42. The standard InChI is InChI=1S/C22H30O12/c23-6-5-12-13(7-24)14(8-25)16(27)20(12)34-22-19(30)18(29)17(28)15(33-22)9-32-21(31)10-1-3-11(26)4-2-10/h1-4,12,15-20,22-30H,5-9H2/t12-,15-,16-,17-,18+,19-,20+,22+/m1/s1. The highest BCUT2D eigenvalue weighted by molar-refractivity contribution is 5.89. The quantitative estimate of drug-likeness (QED) is 0.134. The summed E-state index contributed by atoms with van der Waals surface area (Å²) in [7, 11) is 0. The molecule has 2 aliphatic rings. The first-order chi connectivity index (χ1) is 16.2. The van der Waals surface area contributed by atoms with Crippen LogP contribution < -0.4 is 0 Å². The van der Waals surface area contributed by atoms with Crippen LogP contribution >= 0.6 is 0 Å². The van der Waals surface area contributed by atoms with Gasteiger partial charge in [-0.1, -0.05) is 0 Å². The summed E-state index contributed by atoms with van der Waals surface area (Å²) in [5.41, 5.74) is 0.534. The van der Waals surface area contributed by atoms with Gasteiger partial charge in [-0.3, -0.25) is 0 Å². The molecule has 0 radical (unpaired) electrons. The largest absolute Gasteiger partial charge is 0.508 e. The van der Waals surface area contributed by atoms with Gasteiger partial charge in [0.2, 0.25) is 0 Å². The molecule has 1 heterocycles. The minimum atomic E-state index is -1.74. The number of rotatable bonds is 9. The Bertz CT molecular complexity index is 856. The van der Waals surface area contributed by atoms with E-state index in [1.165, 1.54) is 24.3 Å². The van der Waals surface area contributed by atoms with Gasteiger partial charge < -0.3 is 55.1 Å². The molecule has 0 spiro atoms. The first-order valence-corrected chi connectivity index (χ1v) is 10.8. The summed E-state index contributed by atoms with van der Waals surface area (Å²) in [6.07, 6.45) is -10.4. The number of carbonyl (C=O) groups excluding carboxylic acids is 1. The van der Waals surface area contributed by atoms with E-state index in [1.54, 1.807) is 0 Å². The molecular weight excluding hydrogens is 456 g/mol. The van der Waals surface area contributed by atoms with Crippen LogP contribution in [0, 0.1) is 5.92 Å². The Morgan fingerprint density at radius 1 is 0.912 bits per heavy atom. The molecule has 1 aliphatic carbocycles. The van der Waals surface area contributed by atoms with Crippen LogP contribution in [-0.4, -0.2) is 116 Å². The first kappa shape index (κ1) is 26.5. The maximum absolute atomic E-state index is 12.2. The van der Waals surface area contributed by atoms with Crippen molar-refractivity contribution in [2.75, 3.05) is 26.4 Å². The molecule has 12 nitrogen and oxygen atoms in total. The number of aromatic hydroxyl groups is 1. The highest BCUT2D eigenvalue weighted by Gasteiger charge is 2.49.